The summed E-state index contributed by atoms with van der Waals surface area (Å²) in [5.74, 6) is 0.138. The number of amides is 1. The zero-order valence-electron chi connectivity index (χ0n) is 15.0. The molecule has 0 bridgehead atoms. The van der Waals surface area contributed by atoms with Crippen molar-refractivity contribution in [2.45, 2.75) is 18.9 Å². The fourth-order valence-corrected chi connectivity index (χ4v) is 3.78. The largest absolute Gasteiger partial charge is 0.366 e. The van der Waals surface area contributed by atoms with E-state index in [-0.39, 0.29) is 6.04 Å². The van der Waals surface area contributed by atoms with Crippen molar-refractivity contribution in [3.05, 3.63) is 52.3 Å². The van der Waals surface area contributed by atoms with Crippen LogP contribution in [0.3, 0.4) is 0 Å². The molecule has 4 N–H and O–H groups in total. The Morgan fingerprint density at radius 2 is 2.00 bits per heavy atom. The van der Waals surface area contributed by atoms with Gasteiger partial charge in [-0.25, -0.2) is 9.97 Å². The van der Waals surface area contributed by atoms with E-state index in [9.17, 15) is 4.79 Å². The van der Waals surface area contributed by atoms with Crippen LogP contribution < -0.4 is 16.4 Å². The molecule has 1 unspecified atom stereocenters. The molecule has 2 heterocycles. The van der Waals surface area contributed by atoms with Gasteiger partial charge in [0.2, 0.25) is 0 Å². The van der Waals surface area contributed by atoms with Gasteiger partial charge in [-0.2, -0.15) is 0 Å². The Bertz CT molecular complexity index is 1050. The lowest BCUT2D eigenvalue weighted by molar-refractivity contribution is 0.100. The number of benzene rings is 2. The van der Waals surface area contributed by atoms with Crippen LogP contribution in [0.4, 0.5) is 5.82 Å². The molecule has 6 nitrogen and oxygen atoms in total. The Hall–Kier alpha value is -2.41. The van der Waals surface area contributed by atoms with E-state index in [4.69, 9.17) is 28.9 Å². The maximum absolute atomic E-state index is 12.1. The topological polar surface area (TPSA) is 92.9 Å². The third kappa shape index (κ3) is 3.76. The number of halogens is 2. The summed E-state index contributed by atoms with van der Waals surface area (Å²) in [6.45, 7) is 1.89. The van der Waals surface area contributed by atoms with Gasteiger partial charge in [-0.3, -0.25) is 4.79 Å². The first-order valence-corrected chi connectivity index (χ1v) is 9.80. The molecule has 1 amide bonds. The average molecular weight is 416 g/mol. The predicted octanol–water partition coefficient (Wildman–Crippen LogP) is 3.87. The summed E-state index contributed by atoms with van der Waals surface area (Å²) < 4.78 is 0. The first kappa shape index (κ1) is 18.9. The molecule has 1 aliphatic rings. The SMILES string of the molecule is NC(=O)c1cc(-c2ccc(Cl)c(Cl)c2)cc2c(NC3CCCNC3)ncnc12. The summed E-state index contributed by atoms with van der Waals surface area (Å²) >= 11 is 12.2. The highest BCUT2D eigenvalue weighted by Crippen LogP contribution is 2.33. The second-order valence-electron chi connectivity index (χ2n) is 6.82. The van der Waals surface area contributed by atoms with Gasteiger partial charge in [0.05, 0.1) is 21.1 Å². The molecule has 0 radical (unpaired) electrons. The van der Waals surface area contributed by atoms with Gasteiger partial charge in [-0.05, 0) is 54.8 Å². The quantitative estimate of drug-likeness (QED) is 0.601. The highest BCUT2D eigenvalue weighted by Gasteiger charge is 2.18. The molecule has 1 saturated heterocycles. The van der Waals surface area contributed by atoms with E-state index in [2.05, 4.69) is 20.6 Å². The number of rotatable bonds is 4. The van der Waals surface area contributed by atoms with Crippen LogP contribution in [-0.4, -0.2) is 35.0 Å². The monoisotopic (exact) mass is 415 g/mol. The van der Waals surface area contributed by atoms with Crippen LogP contribution in [0.15, 0.2) is 36.7 Å². The Morgan fingerprint density at radius 1 is 1.14 bits per heavy atom. The summed E-state index contributed by atoms with van der Waals surface area (Å²) in [6, 6.07) is 9.27. The minimum Gasteiger partial charge on any atom is -0.366 e. The van der Waals surface area contributed by atoms with Crippen LogP contribution in [0.2, 0.25) is 10.0 Å². The number of anilines is 1. The number of aromatic nitrogens is 2. The second-order valence-corrected chi connectivity index (χ2v) is 7.64. The Kier molecular flexibility index (Phi) is 5.35. The molecule has 28 heavy (non-hydrogen) atoms. The van der Waals surface area contributed by atoms with E-state index >= 15 is 0 Å². The van der Waals surface area contributed by atoms with Gasteiger partial charge in [-0.1, -0.05) is 29.3 Å². The van der Waals surface area contributed by atoms with Crippen molar-refractivity contribution in [3.8, 4) is 11.1 Å². The summed E-state index contributed by atoms with van der Waals surface area (Å²) in [6.07, 6.45) is 3.60. The molecule has 3 aromatic rings. The lowest BCUT2D eigenvalue weighted by Gasteiger charge is -2.25. The number of fused-ring (bicyclic) bond motifs is 1. The molecular formula is C20H19Cl2N5O. The van der Waals surface area contributed by atoms with Gasteiger partial charge in [-0.15, -0.1) is 0 Å². The third-order valence-electron chi connectivity index (χ3n) is 4.89. The standard InChI is InChI=1S/C20H19Cl2N5O/c21-16-4-3-11(8-17(16)22)12-6-14(19(23)28)18-15(7-12)20(26-10-25-18)27-13-2-1-5-24-9-13/h3-4,6-8,10,13,24H,1-2,5,9H2,(H2,23,28)(H,25,26,27). The van der Waals surface area contributed by atoms with Crippen molar-refractivity contribution in [2.24, 2.45) is 5.73 Å². The summed E-state index contributed by atoms with van der Waals surface area (Å²) in [5.41, 5.74) is 8.12. The number of carbonyl (C=O) groups is 1. The van der Waals surface area contributed by atoms with Gasteiger partial charge in [0.25, 0.3) is 5.91 Å². The van der Waals surface area contributed by atoms with E-state index in [0.717, 1.165) is 42.4 Å². The molecule has 4 rings (SSSR count). The van der Waals surface area contributed by atoms with Crippen LogP contribution in [0.5, 0.6) is 0 Å². The highest BCUT2D eigenvalue weighted by atomic mass is 35.5. The highest BCUT2D eigenvalue weighted by molar-refractivity contribution is 6.42. The first-order valence-electron chi connectivity index (χ1n) is 9.04. The minimum absolute atomic E-state index is 0.262. The normalized spacial score (nSPS) is 16.9. The molecule has 1 atom stereocenters. The van der Waals surface area contributed by atoms with E-state index in [0.29, 0.717) is 26.9 Å². The fourth-order valence-electron chi connectivity index (χ4n) is 3.48. The van der Waals surface area contributed by atoms with Crippen LogP contribution >= 0.6 is 23.2 Å². The molecule has 1 aliphatic heterocycles. The van der Waals surface area contributed by atoms with Gasteiger partial charge >= 0.3 is 0 Å². The van der Waals surface area contributed by atoms with Crippen LogP contribution in [0, 0.1) is 0 Å². The zero-order chi connectivity index (χ0) is 19.7. The molecule has 0 aliphatic carbocycles. The Morgan fingerprint density at radius 3 is 2.71 bits per heavy atom. The summed E-state index contributed by atoms with van der Waals surface area (Å²) in [5, 5.41) is 8.50. The maximum atomic E-state index is 12.1. The molecule has 144 valence electrons. The smallest absolute Gasteiger partial charge is 0.250 e. The van der Waals surface area contributed by atoms with Gasteiger partial charge < -0.3 is 16.4 Å². The van der Waals surface area contributed by atoms with Crippen LogP contribution in [0.1, 0.15) is 23.2 Å². The third-order valence-corrected chi connectivity index (χ3v) is 5.63. The predicted molar refractivity (Wildman–Crippen MR) is 113 cm³/mol. The van der Waals surface area contributed by atoms with E-state index < -0.39 is 5.91 Å². The number of primary amides is 1. The Labute approximate surface area is 172 Å². The van der Waals surface area contributed by atoms with E-state index in [1.54, 1.807) is 18.2 Å². The number of nitrogens with one attached hydrogen (secondary N) is 2. The molecule has 2 aromatic carbocycles. The molecule has 0 spiro atoms. The van der Waals surface area contributed by atoms with Crippen LogP contribution in [-0.2, 0) is 0 Å². The van der Waals surface area contributed by atoms with Crippen molar-refractivity contribution < 1.29 is 4.79 Å². The van der Waals surface area contributed by atoms with Gasteiger partial charge in [0, 0.05) is 18.0 Å². The lowest BCUT2D eigenvalue weighted by atomic mass is 9.99. The first-order chi connectivity index (χ1) is 13.5. The fraction of sp³-hybridized carbons (Fsp3) is 0.250. The summed E-state index contributed by atoms with van der Waals surface area (Å²) in [7, 11) is 0. The van der Waals surface area contributed by atoms with Crippen molar-refractivity contribution in [3.63, 3.8) is 0 Å². The van der Waals surface area contributed by atoms with Crippen molar-refractivity contribution >= 4 is 45.8 Å². The number of nitrogens with two attached hydrogens (primary N) is 1. The summed E-state index contributed by atoms with van der Waals surface area (Å²) in [4.78, 5) is 20.8. The molecule has 0 saturated carbocycles. The Balaban J connectivity index is 1.86. The van der Waals surface area contributed by atoms with E-state index in [1.165, 1.54) is 6.33 Å². The minimum atomic E-state index is -0.545. The zero-order valence-corrected chi connectivity index (χ0v) is 16.5. The molecule has 1 fully saturated rings. The van der Waals surface area contributed by atoms with Crippen molar-refractivity contribution in [2.75, 3.05) is 18.4 Å². The lowest BCUT2D eigenvalue weighted by Crippen LogP contribution is -2.38. The average Bonchev–Trinajstić information content (AvgIpc) is 2.70. The van der Waals surface area contributed by atoms with Crippen molar-refractivity contribution in [1.82, 2.24) is 15.3 Å². The van der Waals surface area contributed by atoms with Crippen LogP contribution in [0.25, 0.3) is 22.0 Å². The molecule has 8 heteroatoms. The number of carbonyl (C=O) groups excluding carboxylic acids is 1. The number of piperidine rings is 1. The number of hydrogen-bond donors (Lipinski definition) is 3. The molecule has 1 aromatic heterocycles. The number of nitrogens with zero attached hydrogens (tertiary/aromatic N) is 2. The second kappa shape index (κ2) is 7.91. The van der Waals surface area contributed by atoms with Gasteiger partial charge in [0.15, 0.2) is 0 Å². The van der Waals surface area contributed by atoms with Crippen molar-refractivity contribution in [1.29, 1.82) is 0 Å². The van der Waals surface area contributed by atoms with Gasteiger partial charge in [0.1, 0.15) is 12.1 Å². The maximum Gasteiger partial charge on any atom is 0.250 e. The number of hydrogen-bond acceptors (Lipinski definition) is 5. The molecular weight excluding hydrogens is 397 g/mol. The van der Waals surface area contributed by atoms with E-state index in [1.807, 2.05) is 12.1 Å².